The molecule has 0 N–H and O–H groups in total. The third-order valence-electron chi connectivity index (χ3n) is 3.82. The third-order valence-corrected chi connectivity index (χ3v) is 5.75. The number of sulfonamides is 1. The van der Waals surface area contributed by atoms with Gasteiger partial charge >= 0.3 is 0 Å². The van der Waals surface area contributed by atoms with Crippen LogP contribution < -0.4 is 9.47 Å². The summed E-state index contributed by atoms with van der Waals surface area (Å²) in [7, 11) is -0.415. The quantitative estimate of drug-likeness (QED) is 0.770. The smallest absolute Gasteiger partial charge is 0.243 e. The summed E-state index contributed by atoms with van der Waals surface area (Å²) in [6.45, 7) is 4.40. The van der Waals surface area contributed by atoms with Crippen LogP contribution in [-0.2, 0) is 16.6 Å². The Balaban J connectivity index is 2.30. The average Bonchev–Trinajstić information content (AvgIpc) is 2.59. The van der Waals surface area contributed by atoms with Gasteiger partial charge in [0.05, 0.1) is 19.1 Å². The SMILES string of the molecule is CCN(Cc1ccc(OC)c(OC)c1)S(=O)(=O)c1ccc(C)cc1. The van der Waals surface area contributed by atoms with Crippen LogP contribution in [0.15, 0.2) is 47.4 Å². The number of methoxy groups -OCH3 is 2. The van der Waals surface area contributed by atoms with Crippen LogP contribution in [0.3, 0.4) is 0 Å². The molecule has 0 atom stereocenters. The number of benzene rings is 2. The van der Waals surface area contributed by atoms with Crippen LogP contribution in [0.2, 0.25) is 0 Å². The van der Waals surface area contributed by atoms with Gasteiger partial charge in [0.15, 0.2) is 11.5 Å². The molecule has 0 radical (unpaired) electrons. The standard InChI is InChI=1S/C18H23NO4S/c1-5-19(24(20,21)16-9-6-14(2)7-10-16)13-15-8-11-17(22-3)18(12-15)23-4/h6-12H,5,13H2,1-4H3. The lowest BCUT2D eigenvalue weighted by atomic mass is 10.2. The molecule has 0 saturated heterocycles. The van der Waals surface area contributed by atoms with Gasteiger partial charge < -0.3 is 9.47 Å². The number of ether oxygens (including phenoxy) is 2. The highest BCUT2D eigenvalue weighted by molar-refractivity contribution is 7.89. The number of hydrogen-bond acceptors (Lipinski definition) is 4. The van der Waals surface area contributed by atoms with Gasteiger partial charge in [0.25, 0.3) is 0 Å². The molecule has 130 valence electrons. The van der Waals surface area contributed by atoms with E-state index in [9.17, 15) is 8.42 Å². The van der Waals surface area contributed by atoms with Gasteiger partial charge in [0, 0.05) is 13.1 Å². The van der Waals surface area contributed by atoms with Gasteiger partial charge in [0.2, 0.25) is 10.0 Å². The van der Waals surface area contributed by atoms with Crippen LogP contribution in [0.4, 0.5) is 0 Å². The number of hydrogen-bond donors (Lipinski definition) is 0. The maximum Gasteiger partial charge on any atom is 0.243 e. The molecule has 0 amide bonds. The zero-order valence-electron chi connectivity index (χ0n) is 14.4. The fourth-order valence-electron chi connectivity index (χ4n) is 2.41. The van der Waals surface area contributed by atoms with Gasteiger partial charge in [0.1, 0.15) is 0 Å². The second kappa shape index (κ2) is 7.68. The Morgan fingerprint density at radius 3 is 2.12 bits per heavy atom. The number of aryl methyl sites for hydroxylation is 1. The van der Waals surface area contributed by atoms with Crippen molar-refractivity contribution in [2.75, 3.05) is 20.8 Å². The van der Waals surface area contributed by atoms with E-state index < -0.39 is 10.0 Å². The van der Waals surface area contributed by atoms with E-state index in [1.807, 2.05) is 19.9 Å². The topological polar surface area (TPSA) is 55.8 Å². The van der Waals surface area contributed by atoms with Crippen LogP contribution in [0.5, 0.6) is 11.5 Å². The summed E-state index contributed by atoms with van der Waals surface area (Å²) in [6, 6.07) is 12.3. The van der Waals surface area contributed by atoms with Crippen LogP contribution in [0.1, 0.15) is 18.1 Å². The molecule has 0 spiro atoms. The minimum Gasteiger partial charge on any atom is -0.493 e. The second-order valence-corrected chi connectivity index (χ2v) is 7.37. The maximum absolute atomic E-state index is 12.8. The highest BCUT2D eigenvalue weighted by Gasteiger charge is 2.23. The molecular formula is C18H23NO4S. The molecule has 0 bridgehead atoms. The lowest BCUT2D eigenvalue weighted by molar-refractivity contribution is 0.353. The fraction of sp³-hybridized carbons (Fsp3) is 0.333. The molecule has 2 aromatic rings. The van der Waals surface area contributed by atoms with E-state index in [1.54, 1.807) is 50.6 Å². The lowest BCUT2D eigenvalue weighted by Crippen LogP contribution is -2.30. The van der Waals surface area contributed by atoms with E-state index in [2.05, 4.69) is 0 Å². The highest BCUT2D eigenvalue weighted by Crippen LogP contribution is 2.29. The normalized spacial score (nSPS) is 11.5. The Kier molecular flexibility index (Phi) is 5.85. The Bertz CT molecular complexity index is 785. The van der Waals surface area contributed by atoms with Gasteiger partial charge in [-0.1, -0.05) is 30.7 Å². The summed E-state index contributed by atoms with van der Waals surface area (Å²) in [5.41, 5.74) is 1.86. The van der Waals surface area contributed by atoms with Gasteiger partial charge in [-0.3, -0.25) is 0 Å². The van der Waals surface area contributed by atoms with Crippen LogP contribution in [0, 0.1) is 6.92 Å². The van der Waals surface area contributed by atoms with E-state index in [0.29, 0.717) is 22.9 Å². The number of rotatable bonds is 7. The van der Waals surface area contributed by atoms with Crippen LogP contribution in [-0.4, -0.2) is 33.5 Å². The molecule has 0 saturated carbocycles. The summed E-state index contributed by atoms with van der Waals surface area (Å²) in [5.74, 6) is 1.20. The molecule has 2 rings (SSSR count). The third kappa shape index (κ3) is 3.88. The van der Waals surface area contributed by atoms with Gasteiger partial charge in [-0.15, -0.1) is 0 Å². The second-order valence-electron chi connectivity index (χ2n) is 5.43. The van der Waals surface area contributed by atoms with Crippen molar-refractivity contribution < 1.29 is 17.9 Å². The van der Waals surface area contributed by atoms with Crippen molar-refractivity contribution in [3.63, 3.8) is 0 Å². The minimum absolute atomic E-state index is 0.271. The highest BCUT2D eigenvalue weighted by atomic mass is 32.2. The van der Waals surface area contributed by atoms with Gasteiger partial charge in [-0.25, -0.2) is 8.42 Å². The van der Waals surface area contributed by atoms with E-state index in [1.165, 1.54) is 4.31 Å². The zero-order valence-corrected chi connectivity index (χ0v) is 15.3. The van der Waals surface area contributed by atoms with Crippen molar-refractivity contribution >= 4 is 10.0 Å². The largest absolute Gasteiger partial charge is 0.493 e. The first kappa shape index (κ1) is 18.3. The first-order valence-corrected chi connectivity index (χ1v) is 9.14. The van der Waals surface area contributed by atoms with Crippen molar-refractivity contribution in [1.29, 1.82) is 0 Å². The lowest BCUT2D eigenvalue weighted by Gasteiger charge is -2.21. The first-order chi connectivity index (χ1) is 11.4. The summed E-state index contributed by atoms with van der Waals surface area (Å²) in [5, 5.41) is 0. The minimum atomic E-state index is -3.54. The van der Waals surface area contributed by atoms with Crippen molar-refractivity contribution in [2.45, 2.75) is 25.3 Å². The Labute approximate surface area is 143 Å². The Hall–Kier alpha value is -2.05. The van der Waals surface area contributed by atoms with Crippen molar-refractivity contribution in [3.05, 3.63) is 53.6 Å². The van der Waals surface area contributed by atoms with Gasteiger partial charge in [-0.05, 0) is 36.8 Å². The average molecular weight is 349 g/mol. The van der Waals surface area contributed by atoms with E-state index >= 15 is 0 Å². The summed E-state index contributed by atoms with van der Waals surface area (Å²) < 4.78 is 37.6. The molecule has 0 aliphatic carbocycles. The molecule has 0 fully saturated rings. The first-order valence-electron chi connectivity index (χ1n) is 7.70. The molecular weight excluding hydrogens is 326 g/mol. The number of nitrogens with zero attached hydrogens (tertiary/aromatic N) is 1. The predicted octanol–water partition coefficient (Wildman–Crippen LogP) is 3.22. The predicted molar refractivity (Wildman–Crippen MR) is 94.0 cm³/mol. The van der Waals surface area contributed by atoms with Crippen molar-refractivity contribution in [2.24, 2.45) is 0 Å². The van der Waals surface area contributed by atoms with Crippen molar-refractivity contribution in [3.8, 4) is 11.5 Å². The molecule has 0 aromatic heterocycles. The van der Waals surface area contributed by atoms with Crippen molar-refractivity contribution in [1.82, 2.24) is 4.31 Å². The molecule has 0 heterocycles. The molecule has 0 aliphatic rings. The van der Waals surface area contributed by atoms with Gasteiger partial charge in [-0.2, -0.15) is 4.31 Å². The van der Waals surface area contributed by atoms with E-state index in [0.717, 1.165) is 11.1 Å². The molecule has 0 unspecified atom stereocenters. The summed E-state index contributed by atoms with van der Waals surface area (Å²) in [6.07, 6.45) is 0. The van der Waals surface area contributed by atoms with Crippen LogP contribution in [0.25, 0.3) is 0 Å². The maximum atomic E-state index is 12.8. The molecule has 5 nitrogen and oxygen atoms in total. The monoisotopic (exact) mass is 349 g/mol. The van der Waals surface area contributed by atoms with Crippen LogP contribution >= 0.6 is 0 Å². The summed E-state index contributed by atoms with van der Waals surface area (Å²) in [4.78, 5) is 0.301. The summed E-state index contributed by atoms with van der Waals surface area (Å²) >= 11 is 0. The van der Waals surface area contributed by atoms with E-state index in [-0.39, 0.29) is 6.54 Å². The molecule has 0 aliphatic heterocycles. The Morgan fingerprint density at radius 1 is 0.958 bits per heavy atom. The van der Waals surface area contributed by atoms with E-state index in [4.69, 9.17) is 9.47 Å². The zero-order chi connectivity index (χ0) is 17.7. The fourth-order valence-corrected chi connectivity index (χ4v) is 3.85. The molecule has 2 aromatic carbocycles. The molecule has 24 heavy (non-hydrogen) atoms. The molecule has 6 heteroatoms. The Morgan fingerprint density at radius 2 is 1.58 bits per heavy atom.